The molecule has 0 spiro atoms. The summed E-state index contributed by atoms with van der Waals surface area (Å²) in [7, 11) is 0. The van der Waals surface area contributed by atoms with E-state index < -0.39 is 0 Å². The van der Waals surface area contributed by atoms with E-state index in [1.165, 1.54) is 4.90 Å². The van der Waals surface area contributed by atoms with Crippen molar-refractivity contribution in [3.05, 3.63) is 70.9 Å². The highest BCUT2D eigenvalue weighted by Gasteiger charge is 2.28. The van der Waals surface area contributed by atoms with E-state index >= 15 is 0 Å². The van der Waals surface area contributed by atoms with Crippen LogP contribution in [0.2, 0.25) is 5.02 Å². The van der Waals surface area contributed by atoms with Crippen molar-refractivity contribution < 1.29 is 14.8 Å². The Kier molecular flexibility index (Phi) is 6.18. The van der Waals surface area contributed by atoms with Crippen LogP contribution in [0.5, 0.6) is 0 Å². The summed E-state index contributed by atoms with van der Waals surface area (Å²) in [5.74, 6) is -0.0214. The molecule has 1 saturated heterocycles. The molecule has 2 heterocycles. The minimum Gasteiger partial charge on any atom is -0.391 e. The topological polar surface area (TPSA) is 62.8 Å². The zero-order valence-electron chi connectivity index (χ0n) is 17.0. The first-order valence-corrected chi connectivity index (χ1v) is 10.6. The summed E-state index contributed by atoms with van der Waals surface area (Å²) in [6, 6.07) is 15.5. The van der Waals surface area contributed by atoms with Gasteiger partial charge in [0.25, 0.3) is 5.91 Å². The van der Waals surface area contributed by atoms with Gasteiger partial charge in [-0.1, -0.05) is 53.6 Å². The number of quaternary nitrogens is 1. The molecular formula is C23H26ClN4O2+. The fraction of sp³-hybridized carbons (Fsp3) is 0.304. The van der Waals surface area contributed by atoms with Crippen LogP contribution in [0.3, 0.4) is 0 Å². The number of halogens is 1. The third-order valence-corrected chi connectivity index (χ3v) is 5.91. The molecule has 0 bridgehead atoms. The van der Waals surface area contributed by atoms with E-state index in [4.69, 9.17) is 21.8 Å². The molecule has 6 nitrogen and oxygen atoms in total. The maximum absolute atomic E-state index is 13.4. The van der Waals surface area contributed by atoms with Crippen LogP contribution in [-0.4, -0.2) is 65.0 Å². The lowest BCUT2D eigenvalue weighted by molar-refractivity contribution is -0.904. The van der Waals surface area contributed by atoms with Crippen molar-refractivity contribution in [2.24, 2.45) is 0 Å². The largest absolute Gasteiger partial charge is 0.391 e. The molecule has 156 valence electrons. The molecule has 1 fully saturated rings. The lowest BCUT2D eigenvalue weighted by atomic mass is 10.1. The normalized spacial score (nSPS) is 14.8. The first kappa shape index (κ1) is 20.6. The average Bonchev–Trinajstić information content (AvgIpc) is 3.20. The van der Waals surface area contributed by atoms with E-state index in [0.717, 1.165) is 36.4 Å². The van der Waals surface area contributed by atoms with Gasteiger partial charge in [0.15, 0.2) is 0 Å². The fourth-order valence-corrected chi connectivity index (χ4v) is 4.04. The second kappa shape index (κ2) is 9.00. The van der Waals surface area contributed by atoms with Crippen molar-refractivity contribution in [2.75, 3.05) is 39.3 Å². The zero-order chi connectivity index (χ0) is 21.1. The van der Waals surface area contributed by atoms with Crippen molar-refractivity contribution in [3.8, 4) is 16.9 Å². The lowest BCUT2D eigenvalue weighted by Gasteiger charge is -2.31. The number of aryl methyl sites for hydroxylation is 1. The molecule has 0 radical (unpaired) electrons. The summed E-state index contributed by atoms with van der Waals surface area (Å²) in [5, 5.41) is 14.5. The molecule has 2 aromatic carbocycles. The molecule has 7 heteroatoms. The minimum atomic E-state index is -0.0214. The van der Waals surface area contributed by atoms with E-state index in [2.05, 4.69) is 0 Å². The van der Waals surface area contributed by atoms with Crippen LogP contribution in [0.25, 0.3) is 16.9 Å². The van der Waals surface area contributed by atoms with Gasteiger partial charge in [0.05, 0.1) is 49.1 Å². The number of nitrogens with one attached hydrogen (secondary N) is 1. The Morgan fingerprint density at radius 2 is 1.83 bits per heavy atom. The maximum atomic E-state index is 13.4. The van der Waals surface area contributed by atoms with Crippen molar-refractivity contribution >= 4 is 17.5 Å². The monoisotopic (exact) mass is 425 g/mol. The molecule has 0 atom stereocenters. The molecule has 3 aromatic rings. The van der Waals surface area contributed by atoms with Gasteiger partial charge in [0.2, 0.25) is 0 Å². The van der Waals surface area contributed by atoms with Crippen molar-refractivity contribution in [1.29, 1.82) is 0 Å². The molecule has 0 aliphatic carbocycles. The molecule has 4 rings (SSSR count). The molecule has 0 unspecified atom stereocenters. The maximum Gasteiger partial charge on any atom is 0.258 e. The Labute approximate surface area is 181 Å². The predicted octanol–water partition coefficient (Wildman–Crippen LogP) is 1.83. The highest BCUT2D eigenvalue weighted by Crippen LogP contribution is 2.27. The molecule has 1 aliphatic heterocycles. The Balaban J connectivity index is 1.69. The Hall–Kier alpha value is -2.67. The first-order chi connectivity index (χ1) is 14.6. The highest BCUT2D eigenvalue weighted by molar-refractivity contribution is 6.32. The molecule has 0 saturated carbocycles. The van der Waals surface area contributed by atoms with Gasteiger partial charge in [-0.2, -0.15) is 5.10 Å². The summed E-state index contributed by atoms with van der Waals surface area (Å²) in [6.45, 7) is 5.94. The zero-order valence-corrected chi connectivity index (χ0v) is 17.8. The molecule has 1 aliphatic rings. The number of carbonyl (C=O) groups excluding carboxylic acids is 1. The Morgan fingerprint density at radius 3 is 2.50 bits per heavy atom. The summed E-state index contributed by atoms with van der Waals surface area (Å²) in [4.78, 5) is 16.6. The van der Waals surface area contributed by atoms with Crippen LogP contribution in [0.15, 0.2) is 54.7 Å². The summed E-state index contributed by atoms with van der Waals surface area (Å²) < 4.78 is 1.69. The number of aromatic nitrogens is 2. The van der Waals surface area contributed by atoms with Gasteiger partial charge in [0, 0.05) is 11.8 Å². The van der Waals surface area contributed by atoms with E-state index in [1.807, 2.05) is 60.4 Å². The second-order valence-corrected chi connectivity index (χ2v) is 8.08. The number of aliphatic hydroxyl groups excluding tert-OH is 1. The average molecular weight is 426 g/mol. The molecule has 1 amide bonds. The SMILES string of the molecule is Cc1ccc(-c2nn(-c3ccccc3Cl)cc2C(=O)N2CC[NH+](CCO)CC2)cc1. The van der Waals surface area contributed by atoms with Gasteiger partial charge in [0.1, 0.15) is 12.2 Å². The number of benzene rings is 2. The molecule has 2 N–H and O–H groups in total. The van der Waals surface area contributed by atoms with Crippen LogP contribution in [0.4, 0.5) is 0 Å². The quantitative estimate of drug-likeness (QED) is 0.655. The Morgan fingerprint density at radius 1 is 1.13 bits per heavy atom. The van der Waals surface area contributed by atoms with E-state index in [9.17, 15) is 4.79 Å². The Bertz CT molecular complexity index is 1020. The number of piperazine rings is 1. The third-order valence-electron chi connectivity index (χ3n) is 5.59. The third kappa shape index (κ3) is 4.26. The smallest absolute Gasteiger partial charge is 0.258 e. The first-order valence-electron chi connectivity index (χ1n) is 10.2. The summed E-state index contributed by atoms with van der Waals surface area (Å²) in [6.07, 6.45) is 1.78. The molecular weight excluding hydrogens is 400 g/mol. The number of aliphatic hydroxyl groups is 1. The second-order valence-electron chi connectivity index (χ2n) is 7.67. The number of hydrogen-bond acceptors (Lipinski definition) is 3. The minimum absolute atomic E-state index is 0.0214. The van der Waals surface area contributed by atoms with Crippen LogP contribution in [-0.2, 0) is 0 Å². The van der Waals surface area contributed by atoms with Crippen molar-refractivity contribution in [2.45, 2.75) is 6.92 Å². The fourth-order valence-electron chi connectivity index (χ4n) is 3.82. The highest BCUT2D eigenvalue weighted by atomic mass is 35.5. The van der Waals surface area contributed by atoms with E-state index in [1.54, 1.807) is 10.9 Å². The molecule has 30 heavy (non-hydrogen) atoms. The van der Waals surface area contributed by atoms with Gasteiger partial charge in [-0.3, -0.25) is 4.79 Å². The van der Waals surface area contributed by atoms with Gasteiger partial charge >= 0.3 is 0 Å². The number of carbonyl (C=O) groups is 1. The number of rotatable bonds is 5. The standard InChI is InChI=1S/C23H25ClN4O2/c1-17-6-8-18(9-7-17)22-19(16-28(25-22)21-5-3-2-4-20(21)24)23(30)27-12-10-26(11-13-27)14-15-29/h2-9,16,29H,10-15H2,1H3/p+1. The van der Waals surface area contributed by atoms with E-state index in [0.29, 0.717) is 29.4 Å². The van der Waals surface area contributed by atoms with Crippen LogP contribution in [0, 0.1) is 6.92 Å². The number of para-hydroxylation sites is 1. The predicted molar refractivity (Wildman–Crippen MR) is 117 cm³/mol. The summed E-state index contributed by atoms with van der Waals surface area (Å²) in [5.41, 5.74) is 4.03. The van der Waals surface area contributed by atoms with Crippen LogP contribution < -0.4 is 4.90 Å². The number of amides is 1. The van der Waals surface area contributed by atoms with Gasteiger partial charge in [-0.05, 0) is 19.1 Å². The molecule has 1 aromatic heterocycles. The van der Waals surface area contributed by atoms with Crippen molar-refractivity contribution in [1.82, 2.24) is 14.7 Å². The van der Waals surface area contributed by atoms with Gasteiger partial charge in [-0.15, -0.1) is 0 Å². The van der Waals surface area contributed by atoms with Crippen molar-refractivity contribution in [3.63, 3.8) is 0 Å². The van der Waals surface area contributed by atoms with Crippen LogP contribution >= 0.6 is 11.6 Å². The van der Waals surface area contributed by atoms with Crippen LogP contribution in [0.1, 0.15) is 15.9 Å². The number of hydrogen-bond donors (Lipinski definition) is 2. The lowest BCUT2D eigenvalue weighted by Crippen LogP contribution is -3.15. The summed E-state index contributed by atoms with van der Waals surface area (Å²) >= 11 is 6.38. The van der Waals surface area contributed by atoms with Gasteiger partial charge < -0.3 is 14.9 Å². The number of nitrogens with zero attached hydrogens (tertiary/aromatic N) is 3. The van der Waals surface area contributed by atoms with E-state index in [-0.39, 0.29) is 12.5 Å². The van der Waals surface area contributed by atoms with Gasteiger partial charge in [-0.25, -0.2) is 4.68 Å².